The Kier molecular flexibility index (Phi) is 5.59. The van der Waals surface area contributed by atoms with Crippen LogP contribution in [0.4, 0.5) is 0 Å². The van der Waals surface area contributed by atoms with Gasteiger partial charge in [0, 0.05) is 5.75 Å². The van der Waals surface area contributed by atoms with Gasteiger partial charge in [-0.3, -0.25) is 4.79 Å². The average molecular weight is 246 g/mol. The van der Waals surface area contributed by atoms with E-state index < -0.39 is 0 Å². The van der Waals surface area contributed by atoms with Crippen molar-refractivity contribution in [1.29, 1.82) is 0 Å². The molecule has 1 aromatic rings. The lowest BCUT2D eigenvalue weighted by atomic mass is 10.2. The van der Waals surface area contributed by atoms with Crippen LogP contribution in [0.5, 0.6) is 0 Å². The van der Waals surface area contributed by atoms with E-state index in [1.54, 1.807) is 17.3 Å². The van der Waals surface area contributed by atoms with Crippen LogP contribution in [0.1, 0.15) is 13.3 Å². The van der Waals surface area contributed by atoms with Crippen LogP contribution in [0, 0.1) is 0 Å². The predicted octanol–water partition coefficient (Wildman–Crippen LogP) is 0.484. The molecule has 0 fully saturated rings. The van der Waals surface area contributed by atoms with Crippen molar-refractivity contribution in [3.05, 3.63) is 5.51 Å². The first-order valence-electron chi connectivity index (χ1n) is 4.65. The van der Waals surface area contributed by atoms with E-state index in [1.807, 2.05) is 6.92 Å². The summed E-state index contributed by atoms with van der Waals surface area (Å²) in [5.74, 6) is 0.519. The summed E-state index contributed by atoms with van der Waals surface area (Å²) in [6.07, 6.45) is 0.716. The fourth-order valence-corrected chi connectivity index (χ4v) is 2.64. The van der Waals surface area contributed by atoms with Crippen molar-refractivity contribution in [1.82, 2.24) is 15.5 Å². The van der Waals surface area contributed by atoms with Crippen molar-refractivity contribution in [2.45, 2.75) is 23.7 Å². The van der Waals surface area contributed by atoms with Crippen molar-refractivity contribution in [2.75, 3.05) is 12.3 Å². The normalized spacial score (nSPS) is 12.6. The third-order valence-corrected chi connectivity index (χ3v) is 3.66. The summed E-state index contributed by atoms with van der Waals surface area (Å²) in [6.45, 7) is 2.70. The van der Waals surface area contributed by atoms with Gasteiger partial charge in [-0.25, -0.2) is 0 Å². The van der Waals surface area contributed by atoms with Crippen molar-refractivity contribution >= 4 is 29.0 Å². The van der Waals surface area contributed by atoms with Gasteiger partial charge in [0.25, 0.3) is 0 Å². The van der Waals surface area contributed by atoms with Crippen molar-refractivity contribution in [3.63, 3.8) is 0 Å². The lowest BCUT2D eigenvalue weighted by Crippen LogP contribution is -2.41. The average Bonchev–Trinajstić information content (AvgIpc) is 2.69. The molecule has 0 aliphatic rings. The highest BCUT2D eigenvalue weighted by molar-refractivity contribution is 8.00. The standard InChI is InChI=1S/C8H14N4OS2/c1-2-10-6(7(9)13)3-4-14-8-12-11-5-15-8/h5-6,10H,2-4H2,1H3,(H2,9,13). The molecule has 0 saturated heterocycles. The summed E-state index contributed by atoms with van der Waals surface area (Å²) >= 11 is 3.10. The molecule has 1 unspecified atom stereocenters. The minimum Gasteiger partial charge on any atom is -0.368 e. The van der Waals surface area contributed by atoms with E-state index in [0.717, 1.165) is 16.6 Å². The first-order chi connectivity index (χ1) is 7.24. The monoisotopic (exact) mass is 246 g/mol. The van der Waals surface area contributed by atoms with Crippen molar-refractivity contribution in [2.24, 2.45) is 5.73 Å². The predicted molar refractivity (Wildman–Crippen MR) is 61.9 cm³/mol. The topological polar surface area (TPSA) is 80.9 Å². The molecule has 0 saturated carbocycles. The molecule has 7 heteroatoms. The fourth-order valence-electron chi connectivity index (χ4n) is 1.08. The highest BCUT2D eigenvalue weighted by Crippen LogP contribution is 2.19. The Morgan fingerprint density at radius 1 is 1.80 bits per heavy atom. The van der Waals surface area contributed by atoms with E-state index in [9.17, 15) is 4.79 Å². The molecule has 1 rings (SSSR count). The summed E-state index contributed by atoms with van der Waals surface area (Å²) in [5, 5.41) is 10.7. The molecule has 5 nitrogen and oxygen atoms in total. The quantitative estimate of drug-likeness (QED) is 0.684. The van der Waals surface area contributed by atoms with Crippen LogP contribution in [0.25, 0.3) is 0 Å². The molecule has 0 spiro atoms. The van der Waals surface area contributed by atoms with Crippen LogP contribution in [0.3, 0.4) is 0 Å². The number of nitrogens with two attached hydrogens (primary N) is 1. The van der Waals surface area contributed by atoms with Gasteiger partial charge in [0.1, 0.15) is 5.51 Å². The number of likely N-dealkylation sites (N-methyl/N-ethyl adjacent to an activating group) is 1. The number of carbonyl (C=O) groups is 1. The molecule has 0 aromatic carbocycles. The van der Waals surface area contributed by atoms with Crippen LogP contribution < -0.4 is 11.1 Å². The third kappa shape index (κ3) is 4.59. The zero-order chi connectivity index (χ0) is 11.1. The van der Waals surface area contributed by atoms with Crippen LogP contribution in [-0.4, -0.2) is 34.4 Å². The number of thioether (sulfide) groups is 1. The number of primary amides is 1. The molecule has 15 heavy (non-hydrogen) atoms. The summed E-state index contributed by atoms with van der Waals surface area (Å²) in [4.78, 5) is 11.0. The summed E-state index contributed by atoms with van der Waals surface area (Å²) < 4.78 is 0.926. The minimum absolute atomic E-state index is 0.240. The Hall–Kier alpha value is -0.660. The van der Waals surface area contributed by atoms with Crippen molar-refractivity contribution in [3.8, 4) is 0 Å². The first-order valence-corrected chi connectivity index (χ1v) is 6.52. The van der Waals surface area contributed by atoms with Crippen molar-refractivity contribution < 1.29 is 4.79 Å². The van der Waals surface area contributed by atoms with Gasteiger partial charge < -0.3 is 11.1 Å². The van der Waals surface area contributed by atoms with Crippen LogP contribution in [0.2, 0.25) is 0 Å². The molecule has 1 heterocycles. The number of rotatable bonds is 7. The number of aromatic nitrogens is 2. The van der Waals surface area contributed by atoms with Gasteiger partial charge in [0.05, 0.1) is 6.04 Å². The molecule has 1 atom stereocenters. The number of nitrogens with zero attached hydrogens (tertiary/aromatic N) is 2. The molecule has 1 amide bonds. The second-order valence-corrected chi connectivity index (χ2v) is 5.03. The number of carbonyl (C=O) groups excluding carboxylic acids is 1. The maximum absolute atomic E-state index is 11.0. The molecular weight excluding hydrogens is 232 g/mol. The van der Waals surface area contributed by atoms with E-state index in [2.05, 4.69) is 15.5 Å². The molecular formula is C8H14N4OS2. The van der Waals surface area contributed by atoms with Gasteiger partial charge in [-0.2, -0.15) is 0 Å². The van der Waals surface area contributed by atoms with Crippen LogP contribution in [0.15, 0.2) is 9.85 Å². The van der Waals surface area contributed by atoms with Gasteiger partial charge >= 0.3 is 0 Å². The van der Waals surface area contributed by atoms with Gasteiger partial charge in [-0.05, 0) is 13.0 Å². The molecule has 3 N–H and O–H groups in total. The highest BCUT2D eigenvalue weighted by atomic mass is 32.2. The first kappa shape index (κ1) is 12.4. The number of amides is 1. The Labute approximate surface area is 96.8 Å². The summed E-state index contributed by atoms with van der Waals surface area (Å²) in [7, 11) is 0. The maximum Gasteiger partial charge on any atom is 0.234 e. The second-order valence-electron chi connectivity index (χ2n) is 2.85. The minimum atomic E-state index is -0.297. The van der Waals surface area contributed by atoms with Crippen LogP contribution >= 0.6 is 23.1 Å². The number of nitrogens with one attached hydrogen (secondary N) is 1. The zero-order valence-electron chi connectivity index (χ0n) is 8.47. The molecule has 0 bridgehead atoms. The van der Waals surface area contributed by atoms with E-state index in [-0.39, 0.29) is 11.9 Å². The molecule has 0 aliphatic heterocycles. The smallest absolute Gasteiger partial charge is 0.234 e. The van der Waals surface area contributed by atoms with E-state index in [0.29, 0.717) is 6.42 Å². The van der Waals surface area contributed by atoms with E-state index in [4.69, 9.17) is 5.73 Å². The van der Waals surface area contributed by atoms with E-state index >= 15 is 0 Å². The van der Waals surface area contributed by atoms with Gasteiger partial charge in [-0.15, -0.1) is 10.2 Å². The van der Waals surface area contributed by atoms with Gasteiger partial charge in [-0.1, -0.05) is 30.0 Å². The van der Waals surface area contributed by atoms with Gasteiger partial charge in [0.15, 0.2) is 4.34 Å². The van der Waals surface area contributed by atoms with Gasteiger partial charge in [0.2, 0.25) is 5.91 Å². The number of hydrogen-bond donors (Lipinski definition) is 2. The fraction of sp³-hybridized carbons (Fsp3) is 0.625. The molecule has 1 aromatic heterocycles. The highest BCUT2D eigenvalue weighted by Gasteiger charge is 2.13. The lowest BCUT2D eigenvalue weighted by molar-refractivity contribution is -0.120. The summed E-state index contributed by atoms with van der Waals surface area (Å²) in [5.41, 5.74) is 6.94. The Morgan fingerprint density at radius 3 is 3.13 bits per heavy atom. The lowest BCUT2D eigenvalue weighted by Gasteiger charge is -2.12. The van der Waals surface area contributed by atoms with E-state index in [1.165, 1.54) is 11.3 Å². The Morgan fingerprint density at radius 2 is 2.60 bits per heavy atom. The zero-order valence-corrected chi connectivity index (χ0v) is 10.1. The molecule has 0 radical (unpaired) electrons. The largest absolute Gasteiger partial charge is 0.368 e. The second kappa shape index (κ2) is 6.76. The Bertz CT molecular complexity index is 291. The number of hydrogen-bond acceptors (Lipinski definition) is 6. The summed E-state index contributed by atoms with van der Waals surface area (Å²) in [6, 6.07) is -0.240. The maximum atomic E-state index is 11.0. The molecule has 0 aliphatic carbocycles. The SMILES string of the molecule is CCNC(CCSc1nncs1)C(N)=O. The molecule has 84 valence electrons. The van der Waals surface area contributed by atoms with Crippen LogP contribution in [-0.2, 0) is 4.79 Å². The Balaban J connectivity index is 2.25. The third-order valence-electron chi connectivity index (χ3n) is 1.77.